The molecule has 0 aliphatic heterocycles. The first kappa shape index (κ1) is 52.8. The zero-order chi connectivity index (χ0) is 60.2. The number of rotatable bonds is 11. The molecule has 14 aromatic carbocycles. The minimum atomic E-state index is 0.389. The molecule has 0 bridgehead atoms. The predicted octanol–water partition coefficient (Wildman–Crippen LogP) is 25.2. The van der Waals surface area contributed by atoms with Crippen molar-refractivity contribution in [1.29, 1.82) is 0 Å². The maximum Gasteiger partial charge on any atom is 0.0620 e. The molecule has 430 valence electrons. The zero-order valence-electron chi connectivity index (χ0n) is 51.9. The first-order chi connectivity index (χ1) is 44.0. The highest BCUT2D eigenvalue weighted by molar-refractivity contribution is 6.29. The number of aromatic nitrogens is 2. The van der Waals surface area contributed by atoms with Gasteiger partial charge in [0.05, 0.1) is 33.1 Å². The Morgan fingerprint density at radius 2 is 0.489 bits per heavy atom. The van der Waals surface area contributed by atoms with Gasteiger partial charge in [-0.15, -0.1) is 0 Å². The van der Waals surface area contributed by atoms with Crippen molar-refractivity contribution in [3.05, 3.63) is 277 Å². The minimum absolute atomic E-state index is 0.389. The van der Waals surface area contributed by atoms with Gasteiger partial charge in [0.15, 0.2) is 0 Å². The van der Waals surface area contributed by atoms with E-state index in [4.69, 9.17) is 0 Å². The summed E-state index contributed by atoms with van der Waals surface area (Å²) in [5, 5.41) is 20.8. The molecule has 2 heteroatoms. The Morgan fingerprint density at radius 3 is 0.800 bits per heavy atom. The molecule has 0 N–H and O–H groups in total. The summed E-state index contributed by atoms with van der Waals surface area (Å²) in [5.74, 6) is 1.72. The summed E-state index contributed by atoms with van der Waals surface area (Å²) in [6.07, 6.45) is 2.20. The molecule has 0 aliphatic carbocycles. The van der Waals surface area contributed by atoms with Crippen molar-refractivity contribution in [3.63, 3.8) is 0 Å². The second-order valence-electron chi connectivity index (χ2n) is 27.0. The lowest BCUT2D eigenvalue weighted by molar-refractivity contribution is 0.574. The monoisotopic (exact) mass is 1150 g/mol. The van der Waals surface area contributed by atoms with E-state index >= 15 is 0 Å². The topological polar surface area (TPSA) is 8.82 Å². The van der Waals surface area contributed by atoms with Crippen LogP contribution in [-0.4, -0.2) is 8.80 Å². The third-order valence-electron chi connectivity index (χ3n) is 20.8. The van der Waals surface area contributed by atoms with Crippen LogP contribution in [0.5, 0.6) is 0 Å². The minimum Gasteiger partial charge on any atom is -0.308 e. The van der Waals surface area contributed by atoms with E-state index < -0.39 is 0 Å². The normalized spacial score (nSPS) is 13.2. The second kappa shape index (κ2) is 20.1. The molecule has 2 unspecified atom stereocenters. The smallest absolute Gasteiger partial charge is 0.0620 e. The number of benzene rings is 14. The van der Waals surface area contributed by atoms with Crippen LogP contribution in [-0.2, 0) is 0 Å². The van der Waals surface area contributed by atoms with Gasteiger partial charge in [-0.3, -0.25) is 0 Å². The number of nitrogens with zero attached hydrogens (tertiary/aromatic N) is 2. The van der Waals surface area contributed by atoms with Gasteiger partial charge in [0, 0.05) is 43.1 Å². The van der Waals surface area contributed by atoms with E-state index in [0.29, 0.717) is 23.7 Å². The number of hydrogen-bond acceptors (Lipinski definition) is 0. The van der Waals surface area contributed by atoms with Gasteiger partial charge in [-0.2, -0.15) is 0 Å². The van der Waals surface area contributed by atoms with Crippen LogP contribution in [0.15, 0.2) is 255 Å². The number of fused-ring (bicyclic) bond motifs is 16. The first-order valence-electron chi connectivity index (χ1n) is 32.6. The maximum absolute atomic E-state index is 2.58. The van der Waals surface area contributed by atoms with E-state index in [1.807, 2.05) is 0 Å². The molecular formula is C88H68N2. The highest BCUT2D eigenvalue weighted by Crippen LogP contribution is 2.48. The lowest BCUT2D eigenvalue weighted by atomic mass is 9.87. The number of hydrogen-bond donors (Lipinski definition) is 0. The van der Waals surface area contributed by atoms with Crippen LogP contribution in [0.25, 0.3) is 164 Å². The van der Waals surface area contributed by atoms with Crippen molar-refractivity contribution < 1.29 is 0 Å². The highest BCUT2D eigenvalue weighted by Gasteiger charge is 2.24. The van der Waals surface area contributed by atoms with Gasteiger partial charge in [0.1, 0.15) is 0 Å². The summed E-state index contributed by atoms with van der Waals surface area (Å²) < 4.78 is 5.14. The molecule has 0 saturated heterocycles. The summed E-state index contributed by atoms with van der Waals surface area (Å²) >= 11 is 0. The van der Waals surface area contributed by atoms with Crippen molar-refractivity contribution in [2.45, 2.75) is 78.1 Å². The Balaban J connectivity index is 0.708. The third kappa shape index (κ3) is 8.30. The standard InChI is InChI=1S/C88H68N2/c1-51(2)58-24-28-62-47-83-75(39-69(62)32-58)79-43-73(57-20-14-9-15-21-57)44-80-77-41-71-34-60(26-30-64(71)49-85(77)89(83)87(79)80)53(5)22-23-54(6)61-27-31-65-50-86-78(42-72(65)35-61)82-46-74(68-37-66(55-16-10-7-11-17-55)36-67(38-68)56-18-12-8-13-19-56)45-81-76-40-70-33-59(52(3)4)25-29-63(70)48-84(76)90(86)88(81)82/h7-21,24-54H,22-23H2,1-6H3. The molecular weight excluding hydrogens is 1080 g/mol. The van der Waals surface area contributed by atoms with Gasteiger partial charge in [0.25, 0.3) is 0 Å². The van der Waals surface area contributed by atoms with Crippen LogP contribution < -0.4 is 0 Å². The third-order valence-corrected chi connectivity index (χ3v) is 20.8. The van der Waals surface area contributed by atoms with E-state index in [9.17, 15) is 0 Å². The van der Waals surface area contributed by atoms with Crippen LogP contribution in [0, 0.1) is 0 Å². The van der Waals surface area contributed by atoms with E-state index in [1.165, 1.54) is 186 Å². The summed E-state index contributed by atoms with van der Waals surface area (Å²) in [4.78, 5) is 0. The van der Waals surface area contributed by atoms with Crippen LogP contribution in [0.1, 0.15) is 100 Å². The van der Waals surface area contributed by atoms with Crippen LogP contribution in [0.4, 0.5) is 0 Å². The van der Waals surface area contributed by atoms with Gasteiger partial charge in [-0.25, -0.2) is 0 Å². The molecule has 18 rings (SSSR count). The molecule has 0 spiro atoms. The molecule has 0 saturated carbocycles. The Hall–Kier alpha value is -10.3. The van der Waals surface area contributed by atoms with Crippen LogP contribution >= 0.6 is 0 Å². The average Bonchev–Trinajstić information content (AvgIpc) is 1.55. The molecule has 4 aromatic heterocycles. The van der Waals surface area contributed by atoms with Gasteiger partial charge in [-0.1, -0.05) is 205 Å². The Kier molecular flexibility index (Phi) is 11.8. The van der Waals surface area contributed by atoms with E-state index in [2.05, 4.69) is 305 Å². The van der Waals surface area contributed by atoms with E-state index in [0.717, 1.165) is 12.8 Å². The van der Waals surface area contributed by atoms with Gasteiger partial charge >= 0.3 is 0 Å². The molecule has 0 radical (unpaired) electrons. The Morgan fingerprint density at radius 1 is 0.222 bits per heavy atom. The van der Waals surface area contributed by atoms with Crippen molar-refractivity contribution in [1.82, 2.24) is 8.80 Å². The van der Waals surface area contributed by atoms with Crippen LogP contribution in [0.3, 0.4) is 0 Å². The van der Waals surface area contributed by atoms with E-state index in [1.54, 1.807) is 0 Å². The quantitative estimate of drug-likeness (QED) is 0.122. The van der Waals surface area contributed by atoms with Crippen molar-refractivity contribution in [2.24, 2.45) is 0 Å². The van der Waals surface area contributed by atoms with Gasteiger partial charge in [0.2, 0.25) is 0 Å². The molecule has 4 heterocycles. The lowest BCUT2D eigenvalue weighted by Gasteiger charge is -2.17. The summed E-state index contributed by atoms with van der Waals surface area (Å²) in [7, 11) is 0. The summed E-state index contributed by atoms with van der Waals surface area (Å²) in [5.41, 5.74) is 23.1. The molecule has 2 nitrogen and oxygen atoms in total. The summed E-state index contributed by atoms with van der Waals surface area (Å²) in [6, 6.07) is 98.0. The Bertz CT molecular complexity index is 5860. The fourth-order valence-corrected chi connectivity index (χ4v) is 15.7. The highest BCUT2D eigenvalue weighted by atomic mass is 14.9. The lowest BCUT2D eigenvalue weighted by Crippen LogP contribution is -1.99. The van der Waals surface area contributed by atoms with E-state index in [-0.39, 0.29) is 0 Å². The van der Waals surface area contributed by atoms with Gasteiger partial charge < -0.3 is 8.80 Å². The predicted molar refractivity (Wildman–Crippen MR) is 388 cm³/mol. The Labute approximate surface area is 524 Å². The van der Waals surface area contributed by atoms with Crippen molar-refractivity contribution in [2.75, 3.05) is 0 Å². The molecule has 0 amide bonds. The first-order valence-corrected chi connectivity index (χ1v) is 32.6. The molecule has 90 heavy (non-hydrogen) atoms. The largest absolute Gasteiger partial charge is 0.308 e. The molecule has 18 aromatic rings. The second-order valence-corrected chi connectivity index (χ2v) is 27.0. The fraction of sp³-hybridized carbons (Fsp3) is 0.136. The SMILES string of the molecule is CC(C)c1ccc2cc3c(cc2c1)c1cc(-c2ccccc2)cc2c4cc5cc(C(C)CCC(C)c6ccc7cc8c(cc7c6)c6cc(-c7cc(-c9ccccc9)cc(-c9ccccc9)c7)cc7c9cc%10cc(C(C)C)ccc%10cc9n8c76)ccc5cc4n3c12. The van der Waals surface area contributed by atoms with Gasteiger partial charge in [-0.05, 0) is 237 Å². The van der Waals surface area contributed by atoms with Crippen molar-refractivity contribution >= 4 is 119 Å². The average molecular weight is 1150 g/mol. The fourth-order valence-electron chi connectivity index (χ4n) is 15.7. The zero-order valence-corrected chi connectivity index (χ0v) is 51.9. The molecule has 0 fully saturated rings. The summed E-state index contributed by atoms with van der Waals surface area (Å²) in [6.45, 7) is 14.0. The van der Waals surface area contributed by atoms with Crippen LogP contribution in [0.2, 0.25) is 0 Å². The van der Waals surface area contributed by atoms with Crippen molar-refractivity contribution in [3.8, 4) is 44.5 Å². The molecule has 2 atom stereocenters. The molecule has 0 aliphatic rings. The maximum atomic E-state index is 2.58.